The van der Waals surface area contributed by atoms with Gasteiger partial charge in [-0.2, -0.15) is 15.0 Å². The van der Waals surface area contributed by atoms with Crippen LogP contribution in [0.15, 0.2) is 4.58 Å². The minimum absolute atomic E-state index is 0.0157. The van der Waals surface area contributed by atoms with E-state index >= 15 is 0 Å². The number of carboxylic acids is 1. The van der Waals surface area contributed by atoms with E-state index in [0.29, 0.717) is 23.8 Å². The summed E-state index contributed by atoms with van der Waals surface area (Å²) in [6.45, 7) is 6.75. The Kier molecular flexibility index (Phi) is 7.39. The third-order valence-electron chi connectivity index (χ3n) is 5.08. The van der Waals surface area contributed by atoms with Gasteiger partial charge in [0.05, 0.1) is 0 Å². The molecule has 3 heterocycles. The van der Waals surface area contributed by atoms with Crippen LogP contribution < -0.4 is 15.1 Å². The molecule has 3 rings (SSSR count). The van der Waals surface area contributed by atoms with Gasteiger partial charge in [0.25, 0.3) is 0 Å². The van der Waals surface area contributed by atoms with Crippen molar-refractivity contribution in [3.05, 3.63) is 4.91 Å². The van der Waals surface area contributed by atoms with Crippen molar-refractivity contribution < 1.29 is 9.90 Å². The fourth-order valence-corrected chi connectivity index (χ4v) is 3.59. The highest BCUT2D eigenvalue weighted by atomic mass is 32.2. The maximum Gasteiger partial charge on any atom is 0.327 e. The molecule has 1 unspecified atom stereocenters. The minimum Gasteiger partial charge on any atom is -0.480 e. The summed E-state index contributed by atoms with van der Waals surface area (Å²) >= 11 is 0.652. The van der Waals surface area contributed by atoms with Gasteiger partial charge in [0, 0.05) is 74.6 Å². The van der Waals surface area contributed by atoms with Crippen molar-refractivity contribution in [1.82, 2.24) is 24.8 Å². The van der Waals surface area contributed by atoms with Crippen LogP contribution in [-0.2, 0) is 4.79 Å². The number of carbonyl (C=O) groups is 1. The fraction of sp³-hybridized carbons (Fsp3) is 0.750. The summed E-state index contributed by atoms with van der Waals surface area (Å²) in [7, 11) is 4.15. The first-order valence-electron chi connectivity index (χ1n) is 9.53. The third kappa shape index (κ3) is 5.87. The normalized spacial score (nSPS) is 19.8. The molecule has 2 N–H and O–H groups in total. The number of aromatic nitrogens is 3. The van der Waals surface area contributed by atoms with Crippen LogP contribution in [0.4, 0.5) is 17.8 Å². The van der Waals surface area contributed by atoms with Gasteiger partial charge in [0.2, 0.25) is 17.8 Å². The van der Waals surface area contributed by atoms with Gasteiger partial charge in [0.15, 0.2) is 0 Å². The molecule has 0 saturated carbocycles. The quantitative estimate of drug-likeness (QED) is 0.417. The number of aliphatic carboxylic acids is 1. The van der Waals surface area contributed by atoms with E-state index in [9.17, 15) is 14.8 Å². The monoisotopic (exact) mass is 425 g/mol. The van der Waals surface area contributed by atoms with Crippen molar-refractivity contribution in [3.63, 3.8) is 0 Å². The lowest BCUT2D eigenvalue weighted by atomic mass is 10.3. The number of anilines is 3. The number of rotatable bonds is 8. The molecular formula is C16H27N9O3S. The summed E-state index contributed by atoms with van der Waals surface area (Å²) in [6, 6.07) is -1.03. The van der Waals surface area contributed by atoms with E-state index in [2.05, 4.69) is 58.5 Å². The van der Waals surface area contributed by atoms with Gasteiger partial charge in [-0.05, 0) is 14.1 Å². The van der Waals surface area contributed by atoms with Crippen molar-refractivity contribution in [3.8, 4) is 0 Å². The van der Waals surface area contributed by atoms with E-state index in [-0.39, 0.29) is 11.7 Å². The predicted molar refractivity (Wildman–Crippen MR) is 113 cm³/mol. The van der Waals surface area contributed by atoms with Crippen molar-refractivity contribution in [2.24, 2.45) is 4.58 Å². The third-order valence-corrected chi connectivity index (χ3v) is 5.67. The van der Waals surface area contributed by atoms with E-state index < -0.39 is 12.0 Å². The zero-order valence-electron chi connectivity index (χ0n) is 16.7. The van der Waals surface area contributed by atoms with Gasteiger partial charge >= 0.3 is 5.97 Å². The lowest BCUT2D eigenvalue weighted by molar-refractivity contribution is -0.137. The Morgan fingerprint density at radius 1 is 1.00 bits per heavy atom. The SMILES string of the molecule is CN1CCN(c2nc(NC(CSN=O)C(=O)O)nc(N3CCN(C)CC3)n2)CC1. The van der Waals surface area contributed by atoms with Gasteiger partial charge in [-0.25, -0.2) is 4.79 Å². The molecule has 0 aromatic carbocycles. The molecule has 0 bridgehead atoms. The standard InChI is InChI=1S/C16H27N9O3S/c1-22-3-7-24(8-4-22)15-18-14(17-12(13(26)27)11-29-21-28)19-16(20-15)25-9-5-23(2)6-10-25/h12H,3-11H2,1-2H3,(H,26,27)(H,17,18,19,20). The number of nitrogens with one attached hydrogen (secondary N) is 1. The van der Waals surface area contributed by atoms with E-state index in [1.54, 1.807) is 0 Å². The van der Waals surface area contributed by atoms with Crippen molar-refractivity contribution in [2.75, 3.05) is 87.3 Å². The Morgan fingerprint density at radius 2 is 1.48 bits per heavy atom. The number of carboxylic acid groups (broad SMARTS) is 1. The topological polar surface area (TPSA) is 130 Å². The Labute approximate surface area is 173 Å². The molecular weight excluding hydrogens is 398 g/mol. The summed E-state index contributed by atoms with van der Waals surface area (Å²) in [6.07, 6.45) is 0. The molecule has 0 aliphatic carbocycles. The van der Waals surface area contributed by atoms with Crippen LogP contribution in [0.3, 0.4) is 0 Å². The maximum atomic E-state index is 11.5. The highest BCUT2D eigenvalue weighted by molar-refractivity contribution is 7.97. The number of hydrogen-bond acceptors (Lipinski definition) is 12. The first kappa shape index (κ1) is 21.5. The molecule has 0 radical (unpaired) electrons. The van der Waals surface area contributed by atoms with Gasteiger partial charge in [-0.3, -0.25) is 0 Å². The second kappa shape index (κ2) is 9.98. The van der Waals surface area contributed by atoms with E-state index in [0.717, 1.165) is 52.4 Å². The lowest BCUT2D eigenvalue weighted by Crippen LogP contribution is -2.47. The van der Waals surface area contributed by atoms with Crippen LogP contribution in [0.25, 0.3) is 0 Å². The van der Waals surface area contributed by atoms with E-state index in [1.807, 2.05) is 0 Å². The first-order valence-corrected chi connectivity index (χ1v) is 10.5. The van der Waals surface area contributed by atoms with Crippen molar-refractivity contribution in [2.45, 2.75) is 6.04 Å². The molecule has 13 heteroatoms. The smallest absolute Gasteiger partial charge is 0.327 e. The lowest BCUT2D eigenvalue weighted by Gasteiger charge is -2.35. The summed E-state index contributed by atoms with van der Waals surface area (Å²) < 4.78 is 2.68. The molecule has 0 spiro atoms. The van der Waals surface area contributed by atoms with Crippen molar-refractivity contribution in [1.29, 1.82) is 0 Å². The highest BCUT2D eigenvalue weighted by Gasteiger charge is 2.25. The van der Waals surface area contributed by atoms with E-state index in [1.165, 1.54) is 0 Å². The Bertz CT molecular complexity index is 669. The largest absolute Gasteiger partial charge is 0.480 e. The average molecular weight is 426 g/mol. The fourth-order valence-electron chi connectivity index (χ4n) is 3.15. The number of likely N-dealkylation sites (N-methyl/N-ethyl adjacent to an activating group) is 2. The number of piperazine rings is 2. The number of nitroso groups, excluding NO2 is 1. The summed E-state index contributed by atoms with van der Waals surface area (Å²) in [5, 5.41) is 12.3. The number of nitrogens with zero attached hydrogens (tertiary/aromatic N) is 8. The molecule has 2 aliphatic rings. The summed E-state index contributed by atoms with van der Waals surface area (Å²) in [5.74, 6) is 0.161. The molecule has 1 atom stereocenters. The van der Waals surface area contributed by atoms with Crippen LogP contribution in [-0.4, -0.2) is 114 Å². The maximum absolute atomic E-state index is 11.5. The predicted octanol–water partition coefficient (Wildman–Crippen LogP) is -0.345. The molecule has 0 amide bonds. The molecule has 2 saturated heterocycles. The van der Waals surface area contributed by atoms with Crippen LogP contribution in [0, 0.1) is 4.91 Å². The zero-order chi connectivity index (χ0) is 20.8. The second-order valence-corrected chi connectivity index (χ2v) is 7.99. The number of hydrogen-bond donors (Lipinski definition) is 2. The van der Waals surface area contributed by atoms with Gasteiger partial charge < -0.3 is 30.0 Å². The average Bonchev–Trinajstić information content (AvgIpc) is 2.71. The van der Waals surface area contributed by atoms with E-state index in [4.69, 9.17) is 0 Å². The Morgan fingerprint density at radius 3 is 1.90 bits per heavy atom. The molecule has 1 aromatic rings. The Balaban J connectivity index is 1.85. The summed E-state index contributed by atoms with van der Waals surface area (Å²) in [4.78, 5) is 44.2. The van der Waals surface area contributed by atoms with Crippen LogP contribution in [0.5, 0.6) is 0 Å². The second-order valence-electron chi connectivity index (χ2n) is 7.25. The molecule has 2 fully saturated rings. The zero-order valence-corrected chi connectivity index (χ0v) is 17.5. The molecule has 12 nitrogen and oxygen atoms in total. The van der Waals surface area contributed by atoms with Gasteiger partial charge in [0.1, 0.15) is 6.04 Å². The van der Waals surface area contributed by atoms with Crippen LogP contribution in [0.2, 0.25) is 0 Å². The molecule has 1 aromatic heterocycles. The molecule has 29 heavy (non-hydrogen) atoms. The minimum atomic E-state index is -1.09. The van der Waals surface area contributed by atoms with Crippen LogP contribution in [0.1, 0.15) is 0 Å². The molecule has 160 valence electrons. The van der Waals surface area contributed by atoms with Crippen LogP contribution >= 0.6 is 11.9 Å². The van der Waals surface area contributed by atoms with Crippen molar-refractivity contribution >= 4 is 35.8 Å². The molecule has 2 aliphatic heterocycles. The Hall–Kier alpha value is -2.25. The first-order chi connectivity index (χ1) is 14.0. The summed E-state index contributed by atoms with van der Waals surface area (Å²) in [5.41, 5.74) is 0. The van der Waals surface area contributed by atoms with Gasteiger partial charge in [-0.15, -0.1) is 4.91 Å². The highest BCUT2D eigenvalue weighted by Crippen LogP contribution is 2.20. The van der Waals surface area contributed by atoms with Gasteiger partial charge in [-0.1, -0.05) is 0 Å².